The van der Waals surface area contributed by atoms with E-state index in [0.717, 1.165) is 17.2 Å². The van der Waals surface area contributed by atoms with Crippen LogP contribution in [0.1, 0.15) is 5.82 Å². The molecule has 0 fully saturated rings. The molecule has 0 N–H and O–H groups in total. The molecule has 0 atom stereocenters. The Morgan fingerprint density at radius 1 is 1.20 bits per heavy atom. The van der Waals surface area contributed by atoms with Gasteiger partial charge in [0.15, 0.2) is 11.2 Å². The van der Waals surface area contributed by atoms with Crippen LogP contribution in [0.3, 0.4) is 0 Å². The van der Waals surface area contributed by atoms with Gasteiger partial charge in [-0.15, -0.1) is 11.6 Å². The van der Waals surface area contributed by atoms with Crippen LogP contribution in [0.5, 0.6) is 5.88 Å². The Balaban J connectivity index is 2.30. The third kappa shape index (κ3) is 2.10. The molecule has 2 heterocycles. The molecule has 0 aliphatic rings. The fraction of sp³-hybridized carbons (Fsp3) is 0.214. The average molecular weight is 289 g/mol. The summed E-state index contributed by atoms with van der Waals surface area (Å²) in [6.07, 6.45) is 2.13. The molecular formula is C14H13ClN4O. The SMILES string of the molecule is COc1ncnc2c1nc(CCCl)n2-c1ccccc1. The fourth-order valence-corrected chi connectivity index (χ4v) is 2.34. The lowest BCUT2D eigenvalue weighted by Gasteiger charge is -2.07. The molecule has 0 spiro atoms. The van der Waals surface area contributed by atoms with Crippen LogP contribution in [0, 0.1) is 0 Å². The number of aromatic nitrogens is 4. The Morgan fingerprint density at radius 2 is 2.00 bits per heavy atom. The molecule has 0 radical (unpaired) electrons. The maximum atomic E-state index is 5.88. The Bertz CT molecular complexity index is 727. The maximum Gasteiger partial charge on any atom is 0.245 e. The minimum absolute atomic E-state index is 0.473. The molecule has 0 bridgehead atoms. The summed E-state index contributed by atoms with van der Waals surface area (Å²) < 4.78 is 7.24. The van der Waals surface area contributed by atoms with Crippen molar-refractivity contribution in [3.63, 3.8) is 0 Å². The highest BCUT2D eigenvalue weighted by atomic mass is 35.5. The lowest BCUT2D eigenvalue weighted by molar-refractivity contribution is 0.401. The second-order valence-corrected chi connectivity index (χ2v) is 4.57. The van der Waals surface area contributed by atoms with Gasteiger partial charge in [-0.25, -0.2) is 9.97 Å². The Kier molecular flexibility index (Phi) is 3.52. The fourth-order valence-electron chi connectivity index (χ4n) is 2.17. The number of rotatable bonds is 4. The number of para-hydroxylation sites is 1. The van der Waals surface area contributed by atoms with Gasteiger partial charge in [-0.2, -0.15) is 4.98 Å². The van der Waals surface area contributed by atoms with Crippen molar-refractivity contribution in [2.24, 2.45) is 0 Å². The van der Waals surface area contributed by atoms with E-state index in [0.29, 0.717) is 23.7 Å². The number of imidazole rings is 1. The largest absolute Gasteiger partial charge is 0.479 e. The minimum Gasteiger partial charge on any atom is -0.479 e. The summed E-state index contributed by atoms with van der Waals surface area (Å²) in [5.74, 6) is 1.81. The van der Waals surface area contributed by atoms with Crippen molar-refractivity contribution < 1.29 is 4.74 Å². The number of alkyl halides is 1. The quantitative estimate of drug-likeness (QED) is 0.693. The molecule has 102 valence electrons. The van der Waals surface area contributed by atoms with E-state index in [4.69, 9.17) is 16.3 Å². The normalized spacial score (nSPS) is 10.9. The highest BCUT2D eigenvalue weighted by molar-refractivity contribution is 6.17. The van der Waals surface area contributed by atoms with E-state index in [9.17, 15) is 0 Å². The first-order chi connectivity index (χ1) is 9.85. The topological polar surface area (TPSA) is 52.8 Å². The molecule has 3 rings (SSSR count). The van der Waals surface area contributed by atoms with Crippen LogP contribution in [0.25, 0.3) is 16.9 Å². The Hall–Kier alpha value is -2.14. The Labute approximate surface area is 121 Å². The van der Waals surface area contributed by atoms with Gasteiger partial charge < -0.3 is 4.74 Å². The smallest absolute Gasteiger partial charge is 0.245 e. The van der Waals surface area contributed by atoms with Gasteiger partial charge in [0, 0.05) is 18.0 Å². The summed E-state index contributed by atoms with van der Waals surface area (Å²) in [4.78, 5) is 13.0. The summed E-state index contributed by atoms with van der Waals surface area (Å²) in [7, 11) is 1.57. The number of halogens is 1. The maximum absolute atomic E-state index is 5.88. The van der Waals surface area contributed by atoms with Crippen LogP contribution in [-0.4, -0.2) is 32.5 Å². The third-order valence-electron chi connectivity index (χ3n) is 3.01. The molecule has 0 saturated carbocycles. The molecule has 0 aliphatic heterocycles. The number of nitrogens with zero attached hydrogens (tertiary/aromatic N) is 4. The minimum atomic E-state index is 0.473. The van der Waals surface area contributed by atoms with Crippen molar-refractivity contribution in [1.82, 2.24) is 19.5 Å². The predicted molar refractivity (Wildman–Crippen MR) is 77.6 cm³/mol. The molecule has 20 heavy (non-hydrogen) atoms. The second-order valence-electron chi connectivity index (χ2n) is 4.19. The van der Waals surface area contributed by atoms with Gasteiger partial charge >= 0.3 is 0 Å². The van der Waals surface area contributed by atoms with Crippen LogP contribution in [-0.2, 0) is 6.42 Å². The second kappa shape index (κ2) is 5.46. The molecule has 6 heteroatoms. The first-order valence-corrected chi connectivity index (χ1v) is 6.76. The molecule has 5 nitrogen and oxygen atoms in total. The van der Waals surface area contributed by atoms with Crippen LogP contribution in [0.15, 0.2) is 36.7 Å². The number of fused-ring (bicyclic) bond motifs is 1. The predicted octanol–water partition coefficient (Wildman–Crippen LogP) is 2.61. The van der Waals surface area contributed by atoms with E-state index in [-0.39, 0.29) is 0 Å². The highest BCUT2D eigenvalue weighted by Crippen LogP contribution is 2.25. The zero-order chi connectivity index (χ0) is 13.9. The Morgan fingerprint density at radius 3 is 2.70 bits per heavy atom. The third-order valence-corrected chi connectivity index (χ3v) is 3.19. The lowest BCUT2D eigenvalue weighted by Crippen LogP contribution is -2.02. The van der Waals surface area contributed by atoms with E-state index in [1.54, 1.807) is 7.11 Å². The van der Waals surface area contributed by atoms with Crippen molar-refractivity contribution in [3.8, 4) is 11.6 Å². The summed E-state index contributed by atoms with van der Waals surface area (Å²) in [5, 5.41) is 0. The van der Waals surface area contributed by atoms with Gasteiger partial charge in [0.25, 0.3) is 0 Å². The van der Waals surface area contributed by atoms with E-state index >= 15 is 0 Å². The van der Waals surface area contributed by atoms with Gasteiger partial charge in [-0.3, -0.25) is 4.57 Å². The molecule has 0 unspecified atom stereocenters. The van der Waals surface area contributed by atoms with Crippen molar-refractivity contribution in [2.75, 3.05) is 13.0 Å². The van der Waals surface area contributed by atoms with Gasteiger partial charge in [0.2, 0.25) is 5.88 Å². The monoisotopic (exact) mass is 288 g/mol. The van der Waals surface area contributed by atoms with Crippen molar-refractivity contribution in [1.29, 1.82) is 0 Å². The molecular weight excluding hydrogens is 276 g/mol. The molecule has 2 aromatic heterocycles. The highest BCUT2D eigenvalue weighted by Gasteiger charge is 2.16. The molecule has 0 saturated heterocycles. The molecule has 1 aromatic carbocycles. The van der Waals surface area contributed by atoms with Gasteiger partial charge in [-0.1, -0.05) is 18.2 Å². The van der Waals surface area contributed by atoms with Crippen LogP contribution < -0.4 is 4.74 Å². The number of methoxy groups -OCH3 is 1. The summed E-state index contributed by atoms with van der Waals surface area (Å²) in [6, 6.07) is 9.94. The van der Waals surface area contributed by atoms with Gasteiger partial charge in [0.05, 0.1) is 7.11 Å². The van der Waals surface area contributed by atoms with Crippen molar-refractivity contribution in [2.45, 2.75) is 6.42 Å². The van der Waals surface area contributed by atoms with Crippen molar-refractivity contribution in [3.05, 3.63) is 42.5 Å². The van der Waals surface area contributed by atoms with Gasteiger partial charge in [-0.05, 0) is 12.1 Å². The molecule has 0 amide bonds. The summed E-state index contributed by atoms with van der Waals surface area (Å²) >= 11 is 5.88. The van der Waals surface area contributed by atoms with E-state index in [1.165, 1.54) is 6.33 Å². The summed E-state index contributed by atoms with van der Waals surface area (Å²) in [5.41, 5.74) is 2.37. The molecule has 3 aromatic rings. The van der Waals surface area contributed by atoms with Crippen LogP contribution >= 0.6 is 11.6 Å². The summed E-state index contributed by atoms with van der Waals surface area (Å²) in [6.45, 7) is 0. The number of hydrogen-bond acceptors (Lipinski definition) is 4. The zero-order valence-corrected chi connectivity index (χ0v) is 11.7. The van der Waals surface area contributed by atoms with E-state index in [2.05, 4.69) is 15.0 Å². The number of aryl methyl sites for hydroxylation is 1. The van der Waals surface area contributed by atoms with Crippen molar-refractivity contribution >= 4 is 22.8 Å². The van der Waals surface area contributed by atoms with E-state index < -0.39 is 0 Å². The van der Waals surface area contributed by atoms with Crippen LogP contribution in [0.2, 0.25) is 0 Å². The zero-order valence-electron chi connectivity index (χ0n) is 11.0. The number of ether oxygens (including phenoxy) is 1. The molecule has 0 aliphatic carbocycles. The number of benzene rings is 1. The van der Waals surface area contributed by atoms with E-state index in [1.807, 2.05) is 34.9 Å². The first kappa shape index (κ1) is 12.9. The standard InChI is InChI=1S/C14H13ClN4O/c1-20-14-12-13(16-9-17-14)19(11(18-12)7-8-15)10-5-3-2-4-6-10/h2-6,9H,7-8H2,1H3. The van der Waals surface area contributed by atoms with Gasteiger partial charge in [0.1, 0.15) is 12.2 Å². The lowest BCUT2D eigenvalue weighted by atomic mass is 10.3. The number of hydrogen-bond donors (Lipinski definition) is 0. The van der Waals surface area contributed by atoms with Crippen LogP contribution in [0.4, 0.5) is 0 Å². The first-order valence-electron chi connectivity index (χ1n) is 6.23. The average Bonchev–Trinajstić information content (AvgIpc) is 2.86.